The number of amides is 1. The molecule has 128 valence electrons. The van der Waals surface area contributed by atoms with Crippen molar-refractivity contribution < 1.29 is 18.7 Å². The zero-order valence-electron chi connectivity index (χ0n) is 13.1. The summed E-state index contributed by atoms with van der Waals surface area (Å²) in [5.74, 6) is -1.50. The van der Waals surface area contributed by atoms with Crippen LogP contribution in [0.4, 0.5) is 4.39 Å². The van der Waals surface area contributed by atoms with E-state index in [1.807, 2.05) is 0 Å². The average Bonchev–Trinajstić information content (AvgIpc) is 2.88. The molecule has 0 bridgehead atoms. The number of rotatable bonds is 7. The molecule has 0 unspecified atom stereocenters. The van der Waals surface area contributed by atoms with Crippen LogP contribution >= 0.6 is 11.3 Å². The maximum absolute atomic E-state index is 13.4. The molecular weight excluding hydrogens is 335 g/mol. The standard InChI is InChI=1S/C16H17FN2O4S/c1-11-10-24-16(22)19(11)7-6-15(21)23-9-14(20)18-8-12-4-2-3-5-13(12)17/h2-5,10H,6-9H2,1H3,(H,18,20). The highest BCUT2D eigenvalue weighted by Crippen LogP contribution is 2.05. The summed E-state index contributed by atoms with van der Waals surface area (Å²) < 4.78 is 19.7. The number of esters is 1. The molecule has 0 aliphatic heterocycles. The Bertz CT molecular complexity index is 784. The van der Waals surface area contributed by atoms with Crippen LogP contribution < -0.4 is 10.2 Å². The van der Waals surface area contributed by atoms with Crippen LogP contribution in [0.3, 0.4) is 0 Å². The average molecular weight is 352 g/mol. The molecule has 2 aromatic rings. The zero-order valence-corrected chi connectivity index (χ0v) is 13.9. The van der Waals surface area contributed by atoms with E-state index in [2.05, 4.69) is 5.32 Å². The molecule has 8 heteroatoms. The maximum atomic E-state index is 13.4. The van der Waals surface area contributed by atoms with Gasteiger partial charge in [0.15, 0.2) is 6.61 Å². The molecular formula is C16H17FN2O4S. The van der Waals surface area contributed by atoms with Crippen LogP contribution in [-0.2, 0) is 27.4 Å². The number of nitrogens with zero attached hydrogens (tertiary/aromatic N) is 1. The summed E-state index contributed by atoms with van der Waals surface area (Å²) in [4.78, 5) is 34.6. The minimum Gasteiger partial charge on any atom is -0.456 e. The van der Waals surface area contributed by atoms with Crippen LogP contribution in [0.1, 0.15) is 17.7 Å². The Morgan fingerprint density at radius 2 is 2.08 bits per heavy atom. The predicted octanol–water partition coefficient (Wildman–Crippen LogP) is 1.61. The number of carbonyl (C=O) groups excluding carboxylic acids is 2. The number of carbonyl (C=O) groups is 2. The number of nitrogens with one attached hydrogen (secondary N) is 1. The Morgan fingerprint density at radius 3 is 2.75 bits per heavy atom. The Morgan fingerprint density at radius 1 is 1.33 bits per heavy atom. The SMILES string of the molecule is Cc1csc(=O)n1CCC(=O)OCC(=O)NCc1ccccc1F. The molecule has 0 saturated carbocycles. The van der Waals surface area contributed by atoms with E-state index in [1.54, 1.807) is 30.5 Å². The molecule has 0 atom stereocenters. The van der Waals surface area contributed by atoms with Gasteiger partial charge < -0.3 is 14.6 Å². The fraction of sp³-hybridized carbons (Fsp3) is 0.312. The van der Waals surface area contributed by atoms with Gasteiger partial charge in [-0.15, -0.1) is 0 Å². The Labute approximate surface area is 141 Å². The number of halogens is 1. The van der Waals surface area contributed by atoms with Gasteiger partial charge in [-0.25, -0.2) is 4.39 Å². The lowest BCUT2D eigenvalue weighted by molar-refractivity contribution is -0.148. The van der Waals surface area contributed by atoms with Crippen molar-refractivity contribution in [1.29, 1.82) is 0 Å². The Hall–Kier alpha value is -2.48. The highest BCUT2D eigenvalue weighted by molar-refractivity contribution is 7.07. The molecule has 2 rings (SSSR count). The van der Waals surface area contributed by atoms with E-state index in [0.29, 0.717) is 5.56 Å². The number of hydrogen-bond acceptors (Lipinski definition) is 5. The van der Waals surface area contributed by atoms with E-state index in [1.165, 1.54) is 10.6 Å². The first kappa shape index (κ1) is 17.9. The van der Waals surface area contributed by atoms with Gasteiger partial charge in [-0.05, 0) is 13.0 Å². The number of thiazole rings is 1. The Balaban J connectivity index is 1.71. The van der Waals surface area contributed by atoms with Crippen LogP contribution in [0.2, 0.25) is 0 Å². The van der Waals surface area contributed by atoms with Crippen molar-refractivity contribution in [3.05, 3.63) is 56.4 Å². The summed E-state index contributed by atoms with van der Waals surface area (Å²) in [6.45, 7) is 1.57. The van der Waals surface area contributed by atoms with Crippen molar-refractivity contribution in [2.75, 3.05) is 6.61 Å². The smallest absolute Gasteiger partial charge is 0.308 e. The van der Waals surface area contributed by atoms with Gasteiger partial charge in [-0.2, -0.15) is 0 Å². The van der Waals surface area contributed by atoms with Crippen LogP contribution in [0, 0.1) is 12.7 Å². The van der Waals surface area contributed by atoms with Gasteiger partial charge in [0.25, 0.3) is 5.91 Å². The lowest BCUT2D eigenvalue weighted by Crippen LogP contribution is -2.29. The van der Waals surface area contributed by atoms with E-state index < -0.39 is 24.3 Å². The fourth-order valence-electron chi connectivity index (χ4n) is 1.98. The quantitative estimate of drug-likeness (QED) is 0.768. The van der Waals surface area contributed by atoms with E-state index in [0.717, 1.165) is 17.0 Å². The van der Waals surface area contributed by atoms with Crippen LogP contribution in [0.5, 0.6) is 0 Å². The monoisotopic (exact) mass is 352 g/mol. The third-order valence-corrected chi connectivity index (χ3v) is 4.20. The number of aromatic nitrogens is 1. The first-order chi connectivity index (χ1) is 11.5. The summed E-state index contributed by atoms with van der Waals surface area (Å²) in [6.07, 6.45) is -0.00191. The van der Waals surface area contributed by atoms with E-state index in [4.69, 9.17) is 4.74 Å². The molecule has 0 fully saturated rings. The molecule has 24 heavy (non-hydrogen) atoms. The molecule has 1 heterocycles. The Kier molecular flexibility index (Phi) is 6.25. The summed E-state index contributed by atoms with van der Waals surface area (Å²) in [7, 11) is 0. The summed E-state index contributed by atoms with van der Waals surface area (Å²) in [5.41, 5.74) is 1.13. The second kappa shape index (κ2) is 8.39. The second-order valence-electron chi connectivity index (χ2n) is 5.07. The van der Waals surface area contributed by atoms with E-state index in [-0.39, 0.29) is 24.4 Å². The first-order valence-corrected chi connectivity index (χ1v) is 8.16. The number of benzene rings is 1. The van der Waals surface area contributed by atoms with Crippen molar-refractivity contribution >= 4 is 23.2 Å². The van der Waals surface area contributed by atoms with Gasteiger partial charge >= 0.3 is 10.8 Å². The lowest BCUT2D eigenvalue weighted by Gasteiger charge is -2.08. The molecule has 0 spiro atoms. The molecule has 0 aliphatic rings. The topological polar surface area (TPSA) is 77.4 Å². The third-order valence-electron chi connectivity index (χ3n) is 3.31. The number of ether oxygens (including phenoxy) is 1. The van der Waals surface area contributed by atoms with Crippen molar-refractivity contribution in [2.45, 2.75) is 26.4 Å². The normalized spacial score (nSPS) is 10.4. The first-order valence-electron chi connectivity index (χ1n) is 7.28. The predicted molar refractivity (Wildman–Crippen MR) is 87.1 cm³/mol. The zero-order chi connectivity index (χ0) is 17.5. The van der Waals surface area contributed by atoms with Crippen molar-refractivity contribution in [1.82, 2.24) is 9.88 Å². The number of hydrogen-bond donors (Lipinski definition) is 1. The van der Waals surface area contributed by atoms with Gasteiger partial charge in [0, 0.05) is 29.7 Å². The molecule has 1 aromatic heterocycles. The highest BCUT2D eigenvalue weighted by atomic mass is 32.1. The highest BCUT2D eigenvalue weighted by Gasteiger charge is 2.10. The lowest BCUT2D eigenvalue weighted by atomic mass is 10.2. The van der Waals surface area contributed by atoms with Gasteiger partial charge in [-0.1, -0.05) is 29.5 Å². The largest absolute Gasteiger partial charge is 0.456 e. The third kappa shape index (κ3) is 5.02. The fourth-order valence-corrected chi connectivity index (χ4v) is 2.74. The minimum atomic E-state index is -0.575. The van der Waals surface area contributed by atoms with Gasteiger partial charge in [0.05, 0.1) is 6.42 Å². The molecule has 1 N–H and O–H groups in total. The summed E-state index contributed by atoms with van der Waals surface area (Å²) >= 11 is 1.07. The van der Waals surface area contributed by atoms with Crippen molar-refractivity contribution in [2.24, 2.45) is 0 Å². The van der Waals surface area contributed by atoms with E-state index in [9.17, 15) is 18.8 Å². The van der Waals surface area contributed by atoms with Crippen molar-refractivity contribution in [3.8, 4) is 0 Å². The number of aryl methyl sites for hydroxylation is 1. The molecule has 0 saturated heterocycles. The van der Waals surface area contributed by atoms with Crippen molar-refractivity contribution in [3.63, 3.8) is 0 Å². The van der Waals surface area contributed by atoms with Gasteiger partial charge in [0.1, 0.15) is 5.82 Å². The van der Waals surface area contributed by atoms with Crippen LogP contribution in [0.25, 0.3) is 0 Å². The minimum absolute atomic E-state index is 0.00191. The molecule has 1 aromatic carbocycles. The molecule has 1 amide bonds. The van der Waals surface area contributed by atoms with Crippen LogP contribution in [-0.4, -0.2) is 23.1 Å². The second-order valence-corrected chi connectivity index (χ2v) is 5.89. The van der Waals surface area contributed by atoms with Gasteiger partial charge in [-0.3, -0.25) is 14.4 Å². The molecule has 0 aliphatic carbocycles. The molecule has 0 radical (unpaired) electrons. The van der Waals surface area contributed by atoms with E-state index >= 15 is 0 Å². The summed E-state index contributed by atoms with van der Waals surface area (Å²) in [5, 5.41) is 4.19. The van der Waals surface area contributed by atoms with Crippen LogP contribution in [0.15, 0.2) is 34.4 Å². The maximum Gasteiger partial charge on any atom is 0.308 e. The summed E-state index contributed by atoms with van der Waals surface area (Å²) in [6, 6.07) is 6.08. The molecule has 6 nitrogen and oxygen atoms in total. The van der Waals surface area contributed by atoms with Gasteiger partial charge in [0.2, 0.25) is 0 Å².